The second kappa shape index (κ2) is 5.78. The second-order valence-electron chi connectivity index (χ2n) is 7.72. The lowest BCUT2D eigenvalue weighted by molar-refractivity contribution is -0.118. The van der Waals surface area contributed by atoms with Crippen LogP contribution in [-0.4, -0.2) is 10.8 Å². The van der Waals surface area contributed by atoms with Gasteiger partial charge in [-0.2, -0.15) is 0 Å². The molecule has 2 aromatic rings. The van der Waals surface area contributed by atoms with E-state index in [9.17, 15) is 4.79 Å². The Bertz CT molecular complexity index is 899. The van der Waals surface area contributed by atoms with Crippen molar-refractivity contribution in [3.63, 3.8) is 0 Å². The van der Waals surface area contributed by atoms with Crippen molar-refractivity contribution < 1.29 is 4.79 Å². The quantitative estimate of drug-likeness (QED) is 0.685. The van der Waals surface area contributed by atoms with E-state index >= 15 is 0 Å². The Morgan fingerprint density at radius 3 is 2.84 bits per heavy atom. The van der Waals surface area contributed by atoms with Gasteiger partial charge < -0.3 is 5.32 Å². The topological polar surface area (TPSA) is 42.0 Å². The third kappa shape index (κ3) is 2.51. The van der Waals surface area contributed by atoms with Crippen LogP contribution in [0.25, 0.3) is 0 Å². The molecule has 0 amide bonds. The summed E-state index contributed by atoms with van der Waals surface area (Å²) in [4.78, 5) is 19.0. The summed E-state index contributed by atoms with van der Waals surface area (Å²) in [6.45, 7) is 6.51. The lowest BCUT2D eigenvalue weighted by Crippen LogP contribution is -2.42. The van der Waals surface area contributed by atoms with Crippen molar-refractivity contribution in [3.8, 4) is 0 Å². The predicted molar refractivity (Wildman–Crippen MR) is 106 cm³/mol. The van der Waals surface area contributed by atoms with Gasteiger partial charge in [-0.1, -0.05) is 48.8 Å². The summed E-state index contributed by atoms with van der Waals surface area (Å²) in [5, 5.41) is 3.48. The standard InChI is InChI=1S/C20H21BrN2OS/c1-4-20(12-6-5-7-13(21)8-12)16-14(9-19(2,3)10-15(16)24)23-18-17(20)25-11-22-18/h5-8,11,23H,4,9-10H2,1-3H3. The van der Waals surface area contributed by atoms with Crippen LogP contribution in [0.2, 0.25) is 0 Å². The van der Waals surface area contributed by atoms with Gasteiger partial charge in [-0.05, 0) is 36.0 Å². The molecule has 0 fully saturated rings. The van der Waals surface area contributed by atoms with Gasteiger partial charge in [0.05, 0.1) is 15.8 Å². The summed E-state index contributed by atoms with van der Waals surface area (Å²) in [6, 6.07) is 8.37. The number of halogens is 1. The van der Waals surface area contributed by atoms with Gasteiger partial charge in [-0.25, -0.2) is 4.98 Å². The SMILES string of the molecule is CCC1(c2cccc(Br)c2)C2=C(CC(C)(C)CC2=O)Nc2ncsc21. The zero-order valence-electron chi connectivity index (χ0n) is 14.6. The molecule has 1 unspecified atom stereocenters. The fraction of sp³-hybridized carbons (Fsp3) is 0.400. The van der Waals surface area contributed by atoms with E-state index in [-0.39, 0.29) is 11.2 Å². The summed E-state index contributed by atoms with van der Waals surface area (Å²) >= 11 is 5.25. The minimum Gasteiger partial charge on any atom is -0.342 e. The minimum atomic E-state index is -0.408. The first-order chi connectivity index (χ1) is 11.9. The number of ketones is 1. The van der Waals surface area contributed by atoms with Crippen LogP contribution in [0.15, 0.2) is 45.5 Å². The van der Waals surface area contributed by atoms with Gasteiger partial charge in [0.2, 0.25) is 0 Å². The maximum absolute atomic E-state index is 13.3. The number of Topliss-reactive ketones (excluding diaryl/α,β-unsaturated/α-hetero) is 1. The Hall–Kier alpha value is -1.46. The number of aromatic nitrogens is 1. The maximum atomic E-state index is 13.3. The molecule has 1 aromatic heterocycles. The van der Waals surface area contributed by atoms with Crippen LogP contribution in [0.3, 0.4) is 0 Å². The van der Waals surface area contributed by atoms with Crippen molar-refractivity contribution in [3.05, 3.63) is 56.0 Å². The highest BCUT2D eigenvalue weighted by atomic mass is 79.9. The summed E-state index contributed by atoms with van der Waals surface area (Å²) in [7, 11) is 0. The molecule has 0 spiro atoms. The molecular formula is C20H21BrN2OS. The van der Waals surface area contributed by atoms with E-state index in [1.54, 1.807) is 11.3 Å². The molecule has 1 atom stereocenters. The zero-order valence-corrected chi connectivity index (χ0v) is 17.1. The Morgan fingerprint density at radius 1 is 1.32 bits per heavy atom. The number of thiazole rings is 1. The molecule has 2 aliphatic rings. The second-order valence-corrected chi connectivity index (χ2v) is 9.49. The van der Waals surface area contributed by atoms with Gasteiger partial charge in [-0.3, -0.25) is 4.79 Å². The number of benzene rings is 1. The van der Waals surface area contributed by atoms with Crippen LogP contribution in [0, 0.1) is 5.41 Å². The maximum Gasteiger partial charge on any atom is 0.162 e. The van der Waals surface area contributed by atoms with Gasteiger partial charge in [0.1, 0.15) is 5.82 Å². The van der Waals surface area contributed by atoms with E-state index in [0.29, 0.717) is 6.42 Å². The largest absolute Gasteiger partial charge is 0.342 e. The smallest absolute Gasteiger partial charge is 0.162 e. The van der Waals surface area contributed by atoms with Crippen molar-refractivity contribution in [2.24, 2.45) is 5.41 Å². The Kier molecular flexibility index (Phi) is 3.92. The average Bonchev–Trinajstić information content (AvgIpc) is 3.00. The van der Waals surface area contributed by atoms with Crippen LogP contribution >= 0.6 is 27.3 Å². The first kappa shape index (κ1) is 17.0. The first-order valence-corrected chi connectivity index (χ1v) is 10.3. The zero-order chi connectivity index (χ0) is 17.8. The summed E-state index contributed by atoms with van der Waals surface area (Å²) in [5.74, 6) is 1.18. The summed E-state index contributed by atoms with van der Waals surface area (Å²) in [5.41, 5.74) is 4.62. The van der Waals surface area contributed by atoms with Crippen molar-refractivity contribution in [2.75, 3.05) is 5.32 Å². The third-order valence-electron chi connectivity index (χ3n) is 5.37. The molecule has 0 bridgehead atoms. The van der Waals surface area contributed by atoms with Crippen LogP contribution < -0.4 is 5.32 Å². The van der Waals surface area contributed by atoms with Crippen molar-refractivity contribution in [1.82, 2.24) is 4.98 Å². The molecule has 4 rings (SSSR count). The van der Waals surface area contributed by atoms with E-state index in [1.165, 1.54) is 0 Å². The molecule has 2 heterocycles. The molecule has 0 radical (unpaired) electrons. The number of carbonyl (C=O) groups is 1. The monoisotopic (exact) mass is 416 g/mol. The first-order valence-electron chi connectivity index (χ1n) is 8.61. The molecule has 1 N–H and O–H groups in total. The number of nitrogens with zero attached hydrogens (tertiary/aromatic N) is 1. The van der Waals surface area contributed by atoms with E-state index in [4.69, 9.17) is 0 Å². The van der Waals surface area contributed by atoms with Crippen LogP contribution in [0.1, 0.15) is 50.5 Å². The van der Waals surface area contributed by atoms with E-state index < -0.39 is 5.41 Å². The number of rotatable bonds is 2. The van der Waals surface area contributed by atoms with Crippen molar-refractivity contribution >= 4 is 38.9 Å². The van der Waals surface area contributed by atoms with Gasteiger partial charge in [0.25, 0.3) is 0 Å². The Balaban J connectivity index is 2.04. The van der Waals surface area contributed by atoms with E-state index in [1.807, 2.05) is 11.6 Å². The number of nitrogens with one attached hydrogen (secondary N) is 1. The number of fused-ring (bicyclic) bond motifs is 1. The molecule has 1 aliphatic carbocycles. The highest BCUT2D eigenvalue weighted by Crippen LogP contribution is 2.55. The molecule has 0 saturated carbocycles. The van der Waals surface area contributed by atoms with Crippen LogP contribution in [0.4, 0.5) is 5.82 Å². The third-order valence-corrected chi connectivity index (χ3v) is 6.86. The molecular weight excluding hydrogens is 396 g/mol. The predicted octanol–water partition coefficient (Wildman–Crippen LogP) is 5.67. The number of carbonyl (C=O) groups excluding carboxylic acids is 1. The molecule has 1 aliphatic heterocycles. The van der Waals surface area contributed by atoms with Gasteiger partial charge in [-0.15, -0.1) is 11.3 Å². The van der Waals surface area contributed by atoms with Gasteiger partial charge >= 0.3 is 0 Å². The molecule has 0 saturated heterocycles. The van der Waals surface area contributed by atoms with E-state index in [0.717, 1.165) is 44.8 Å². The highest BCUT2D eigenvalue weighted by Gasteiger charge is 2.50. The summed E-state index contributed by atoms with van der Waals surface area (Å²) < 4.78 is 1.04. The van der Waals surface area contributed by atoms with Gasteiger partial charge in [0, 0.05) is 22.2 Å². The molecule has 3 nitrogen and oxygen atoms in total. The number of anilines is 1. The van der Waals surface area contributed by atoms with Crippen molar-refractivity contribution in [1.29, 1.82) is 0 Å². The van der Waals surface area contributed by atoms with Crippen LogP contribution in [-0.2, 0) is 10.2 Å². The molecule has 25 heavy (non-hydrogen) atoms. The number of hydrogen-bond acceptors (Lipinski definition) is 4. The van der Waals surface area contributed by atoms with Gasteiger partial charge in [0.15, 0.2) is 5.78 Å². The molecule has 5 heteroatoms. The Morgan fingerprint density at radius 2 is 2.12 bits per heavy atom. The number of hydrogen-bond donors (Lipinski definition) is 1. The fourth-order valence-corrected chi connectivity index (χ4v) is 5.83. The van der Waals surface area contributed by atoms with Crippen molar-refractivity contribution in [2.45, 2.75) is 45.4 Å². The highest BCUT2D eigenvalue weighted by molar-refractivity contribution is 9.10. The fourth-order valence-electron chi connectivity index (χ4n) is 4.39. The molecule has 1 aromatic carbocycles. The van der Waals surface area contributed by atoms with E-state index in [2.05, 4.69) is 65.2 Å². The Labute approximate surface area is 160 Å². The molecule has 130 valence electrons. The van der Waals surface area contributed by atoms with Crippen LogP contribution in [0.5, 0.6) is 0 Å². The lowest BCUT2D eigenvalue weighted by Gasteiger charge is -2.44. The normalized spacial score (nSPS) is 24.6. The minimum absolute atomic E-state index is 0.0206. The lowest BCUT2D eigenvalue weighted by atomic mass is 9.62. The average molecular weight is 417 g/mol. The number of allylic oxidation sites excluding steroid dienone is 2. The summed E-state index contributed by atoms with van der Waals surface area (Å²) in [6.07, 6.45) is 2.31.